The summed E-state index contributed by atoms with van der Waals surface area (Å²) in [6.07, 6.45) is 3.44. The minimum Gasteiger partial charge on any atom is -0.481 e. The first-order chi connectivity index (χ1) is 18.8. The number of hydrogen-bond donors (Lipinski definition) is 10. The maximum absolute atomic E-state index is 10.9. The summed E-state index contributed by atoms with van der Waals surface area (Å²) in [5.41, 5.74) is -0.667. The van der Waals surface area contributed by atoms with Gasteiger partial charge >= 0.3 is 23.9 Å². The van der Waals surface area contributed by atoms with E-state index in [1.165, 1.54) is 0 Å². The van der Waals surface area contributed by atoms with Crippen LogP contribution in [0.1, 0.15) is 86.5 Å². The van der Waals surface area contributed by atoms with Crippen molar-refractivity contribution in [1.29, 1.82) is 0 Å². The molecule has 0 radical (unpaired) electrons. The maximum Gasteiger partial charge on any atom is 0.306 e. The van der Waals surface area contributed by atoms with E-state index >= 15 is 0 Å². The van der Waals surface area contributed by atoms with Crippen LogP contribution in [0, 0.1) is 5.41 Å². The molecule has 4 unspecified atom stereocenters. The van der Waals surface area contributed by atoms with Crippen molar-refractivity contribution in [3.05, 3.63) is 0 Å². The summed E-state index contributed by atoms with van der Waals surface area (Å²) >= 11 is 15.7. The summed E-state index contributed by atoms with van der Waals surface area (Å²) in [5, 5.41) is 50.1. The lowest BCUT2D eigenvalue weighted by Gasteiger charge is -2.24. The number of thiol groups is 4. The monoisotopic (exact) mass is 670 g/mol. The third kappa shape index (κ3) is 52.3. The second kappa shape index (κ2) is 33.7. The van der Waals surface area contributed by atoms with Crippen LogP contribution in [-0.2, 0) is 23.9 Å². The van der Waals surface area contributed by atoms with Gasteiger partial charge in [0.25, 0.3) is 0 Å². The highest BCUT2D eigenvalue weighted by molar-refractivity contribution is 7.81. The van der Waals surface area contributed by atoms with Gasteiger partial charge in [-0.15, -0.1) is 0 Å². The van der Waals surface area contributed by atoms with Crippen LogP contribution < -0.4 is 0 Å². The number of aliphatic carboxylic acids is 3. The molecular formula is C26H54O11S4. The van der Waals surface area contributed by atoms with Gasteiger partial charge in [0.2, 0.25) is 0 Å². The molecule has 0 aromatic rings. The molecule has 41 heavy (non-hydrogen) atoms. The number of aliphatic hydroxyl groups is 3. The number of carbonyl (C=O) groups excluding carboxylic acids is 1. The molecule has 0 spiro atoms. The predicted molar refractivity (Wildman–Crippen MR) is 175 cm³/mol. The first-order valence-corrected chi connectivity index (χ1v) is 15.2. The summed E-state index contributed by atoms with van der Waals surface area (Å²) in [6, 6.07) is 0. The lowest BCUT2D eigenvalue weighted by molar-refractivity contribution is -0.143. The molecule has 4 atom stereocenters. The van der Waals surface area contributed by atoms with Crippen molar-refractivity contribution in [2.45, 2.75) is 107 Å². The molecule has 0 saturated carbocycles. The van der Waals surface area contributed by atoms with E-state index in [1.54, 1.807) is 20.8 Å². The highest BCUT2D eigenvalue weighted by atomic mass is 32.1. The van der Waals surface area contributed by atoms with Crippen LogP contribution in [0.5, 0.6) is 0 Å². The molecule has 0 rings (SSSR count). The Bertz CT molecular complexity index is 578. The number of carboxylic acids is 3. The van der Waals surface area contributed by atoms with Crippen LogP contribution >= 0.6 is 50.5 Å². The van der Waals surface area contributed by atoms with Crippen molar-refractivity contribution in [3.63, 3.8) is 0 Å². The summed E-state index contributed by atoms with van der Waals surface area (Å²) < 4.78 is 4.91. The standard InChI is InChI=1S/C8H16O2S.C6H14O3.3C4H8O2S/c1-3-4-5-10-8(9)6-7(2)11;1-2-6(3-7,4-8)5-9;3*1-3(7)2-4(5)6/h7,11H,3-6H2,1-2H3;7-9H,2-5H2,1H3;3*3,7H,2H2,1H3,(H,5,6). The van der Waals surface area contributed by atoms with E-state index in [0.29, 0.717) is 19.4 Å². The molecule has 15 heteroatoms. The van der Waals surface area contributed by atoms with E-state index in [0.717, 1.165) is 12.8 Å². The molecule has 6 N–H and O–H groups in total. The third-order valence-corrected chi connectivity index (χ3v) is 5.12. The zero-order valence-corrected chi connectivity index (χ0v) is 28.7. The molecule has 0 bridgehead atoms. The van der Waals surface area contributed by atoms with E-state index in [2.05, 4.69) is 57.4 Å². The Balaban J connectivity index is -0.000000134. The van der Waals surface area contributed by atoms with Gasteiger partial charge in [0.05, 0.1) is 52.1 Å². The van der Waals surface area contributed by atoms with E-state index in [9.17, 15) is 19.2 Å². The first kappa shape index (κ1) is 49.8. The van der Waals surface area contributed by atoms with Crippen molar-refractivity contribution in [1.82, 2.24) is 0 Å². The summed E-state index contributed by atoms with van der Waals surface area (Å²) in [5.74, 6) is -2.51. The van der Waals surface area contributed by atoms with Crippen LogP contribution in [0.3, 0.4) is 0 Å². The second-order valence-electron chi connectivity index (χ2n) is 9.30. The summed E-state index contributed by atoms with van der Waals surface area (Å²) in [4.78, 5) is 40.1. The summed E-state index contributed by atoms with van der Waals surface area (Å²) in [6.45, 7) is 11.1. The smallest absolute Gasteiger partial charge is 0.306 e. The fraction of sp³-hybridized carbons (Fsp3) is 0.846. The number of carbonyl (C=O) groups is 4. The summed E-state index contributed by atoms with van der Waals surface area (Å²) in [7, 11) is 0. The van der Waals surface area contributed by atoms with Crippen LogP contribution in [0.4, 0.5) is 0 Å². The molecule has 0 aliphatic rings. The topological polar surface area (TPSA) is 199 Å². The van der Waals surface area contributed by atoms with Gasteiger partial charge in [-0.1, -0.05) is 48.0 Å². The molecular weight excluding hydrogens is 617 g/mol. The Morgan fingerprint density at radius 2 is 0.927 bits per heavy atom. The number of hydrogen-bond acceptors (Lipinski definition) is 12. The van der Waals surface area contributed by atoms with E-state index in [-0.39, 0.29) is 66.1 Å². The molecule has 0 amide bonds. The highest BCUT2D eigenvalue weighted by Gasteiger charge is 2.24. The zero-order chi connectivity index (χ0) is 33.6. The van der Waals surface area contributed by atoms with Crippen molar-refractivity contribution < 1.29 is 54.6 Å². The average molecular weight is 671 g/mol. The molecule has 0 fully saturated rings. The highest BCUT2D eigenvalue weighted by Crippen LogP contribution is 2.18. The van der Waals surface area contributed by atoms with Gasteiger partial charge < -0.3 is 35.4 Å². The molecule has 0 aromatic heterocycles. The Hall–Kier alpha value is -0.840. The molecule has 0 heterocycles. The van der Waals surface area contributed by atoms with Crippen molar-refractivity contribution in [3.8, 4) is 0 Å². The van der Waals surface area contributed by atoms with Crippen molar-refractivity contribution in [2.24, 2.45) is 5.41 Å². The van der Waals surface area contributed by atoms with Crippen molar-refractivity contribution >= 4 is 74.4 Å². The number of ether oxygens (including phenoxy) is 1. The number of rotatable bonds is 15. The van der Waals surface area contributed by atoms with Gasteiger partial charge in [-0.2, -0.15) is 50.5 Å². The van der Waals surface area contributed by atoms with Crippen LogP contribution in [0.2, 0.25) is 0 Å². The fourth-order valence-electron chi connectivity index (χ4n) is 1.87. The third-order valence-electron chi connectivity index (χ3n) is 4.39. The minimum atomic E-state index is -0.789. The average Bonchev–Trinajstić information content (AvgIpc) is 2.80. The van der Waals surface area contributed by atoms with E-state index < -0.39 is 23.3 Å². The quantitative estimate of drug-likeness (QED) is 0.0692. The van der Waals surface area contributed by atoms with Crippen LogP contribution in [-0.4, -0.2) is 102 Å². The van der Waals surface area contributed by atoms with E-state index in [4.69, 9.17) is 35.4 Å². The lowest BCUT2D eigenvalue weighted by atomic mass is 9.88. The van der Waals surface area contributed by atoms with Crippen molar-refractivity contribution in [2.75, 3.05) is 26.4 Å². The van der Waals surface area contributed by atoms with Gasteiger partial charge in [0.15, 0.2) is 0 Å². The first-order valence-electron chi connectivity index (χ1n) is 13.1. The van der Waals surface area contributed by atoms with Gasteiger partial charge in [0, 0.05) is 26.4 Å². The Labute approximate surface area is 267 Å². The number of carboxylic acid groups (broad SMARTS) is 3. The molecule has 0 aromatic carbocycles. The number of unbranched alkanes of at least 4 members (excludes halogenated alkanes) is 1. The van der Waals surface area contributed by atoms with E-state index in [1.807, 2.05) is 13.8 Å². The minimum absolute atomic E-state index is 0.0301. The van der Waals surface area contributed by atoms with Gasteiger partial charge in [-0.25, -0.2) is 0 Å². The number of aliphatic hydroxyl groups excluding tert-OH is 3. The van der Waals surface area contributed by atoms with Gasteiger partial charge in [-0.3, -0.25) is 19.2 Å². The largest absolute Gasteiger partial charge is 0.481 e. The molecule has 248 valence electrons. The Morgan fingerprint density at radius 3 is 1.05 bits per heavy atom. The Morgan fingerprint density at radius 1 is 0.634 bits per heavy atom. The molecule has 11 nitrogen and oxygen atoms in total. The Kier molecular flexibility index (Phi) is 40.9. The second-order valence-corrected chi connectivity index (χ2v) is 12.8. The zero-order valence-electron chi connectivity index (χ0n) is 25.1. The number of esters is 1. The molecule has 0 aliphatic heterocycles. The lowest BCUT2D eigenvalue weighted by Crippen LogP contribution is -2.32. The van der Waals surface area contributed by atoms with Crippen LogP contribution in [0.25, 0.3) is 0 Å². The predicted octanol–water partition coefficient (Wildman–Crippen LogP) is 3.74. The van der Waals surface area contributed by atoms with Gasteiger partial charge in [0.1, 0.15) is 0 Å². The normalized spacial score (nSPS) is 12.9. The van der Waals surface area contributed by atoms with Crippen LogP contribution in [0.15, 0.2) is 0 Å². The molecule has 0 saturated heterocycles. The maximum atomic E-state index is 10.9. The molecule has 0 aliphatic carbocycles. The SMILES string of the molecule is CC(S)CC(=O)O.CC(S)CC(=O)O.CC(S)CC(=O)O.CCC(CO)(CO)CO.CCCCOC(=O)CC(C)S. The fourth-order valence-corrected chi connectivity index (χ4v) is 2.49. The van der Waals surface area contributed by atoms with Gasteiger partial charge in [-0.05, 0) is 12.8 Å².